The first-order valence-corrected chi connectivity index (χ1v) is 16.6. The molecule has 3 aromatic heterocycles. The van der Waals surface area contributed by atoms with E-state index in [0.29, 0.717) is 23.1 Å². The minimum Gasteiger partial charge on any atom is -0.506 e. The Kier molecular flexibility index (Phi) is 8.23. The van der Waals surface area contributed by atoms with E-state index in [9.17, 15) is 5.11 Å². The zero-order valence-electron chi connectivity index (χ0n) is 26.6. The summed E-state index contributed by atoms with van der Waals surface area (Å²) < 4.78 is 8.73. The molecule has 0 amide bonds. The van der Waals surface area contributed by atoms with Crippen LogP contribution in [0.4, 0.5) is 0 Å². The Bertz CT molecular complexity index is 2450. The Labute approximate surface area is 299 Å². The third-order valence-electron chi connectivity index (χ3n) is 9.68. The quantitative estimate of drug-likeness (QED) is 0.170. The first kappa shape index (κ1) is 31.0. The van der Waals surface area contributed by atoms with Crippen molar-refractivity contribution in [1.29, 1.82) is 0 Å². The first-order valence-electron chi connectivity index (χ1n) is 16.6. The minimum atomic E-state index is 0. The van der Waals surface area contributed by atoms with E-state index in [4.69, 9.17) is 14.7 Å². The van der Waals surface area contributed by atoms with Gasteiger partial charge in [0.1, 0.15) is 17.1 Å². The molecule has 1 fully saturated rings. The molecular formula is C43H32N3O2Pt-. The molecule has 0 radical (unpaired) electrons. The Hall–Kier alpha value is -5.25. The third kappa shape index (κ3) is 5.58. The Morgan fingerprint density at radius 2 is 1.43 bits per heavy atom. The standard InChI is InChI=1S/C43H32N3O2.Pt/c47-39-22-21-33(29-13-3-1-4-14-29)42-36(30-15-5-2-6-16-30)27-41(45-43(39)42)48-32-19-20-35-34-17-9-10-18-37(34)46(38(35)26-32)40-25-31(23-24-44-40)28-11-7-8-12-28;/h1-6,9-10,13-25,27-28,47H,7-8,11-12H2;/q-1;. The maximum Gasteiger partial charge on any atom is 0.217 e. The molecule has 1 aliphatic carbocycles. The second-order valence-electron chi connectivity index (χ2n) is 12.6. The molecular weight excluding hydrogens is 786 g/mol. The number of pyridine rings is 2. The first-order chi connectivity index (χ1) is 23.7. The molecule has 242 valence electrons. The van der Waals surface area contributed by atoms with Crippen molar-refractivity contribution in [3.8, 4) is 45.5 Å². The second kappa shape index (κ2) is 13.0. The van der Waals surface area contributed by atoms with Gasteiger partial charge in [0.15, 0.2) is 0 Å². The second-order valence-corrected chi connectivity index (χ2v) is 12.6. The van der Waals surface area contributed by atoms with Gasteiger partial charge in [-0.1, -0.05) is 97.2 Å². The Morgan fingerprint density at radius 1 is 0.714 bits per heavy atom. The summed E-state index contributed by atoms with van der Waals surface area (Å²) in [5.41, 5.74) is 7.76. The molecule has 0 bridgehead atoms. The molecule has 0 atom stereocenters. The molecule has 49 heavy (non-hydrogen) atoms. The minimum absolute atomic E-state index is 0. The van der Waals surface area contributed by atoms with Gasteiger partial charge in [-0.3, -0.25) is 0 Å². The Balaban J connectivity index is 0.00000348. The van der Waals surface area contributed by atoms with E-state index in [1.807, 2.05) is 60.8 Å². The van der Waals surface area contributed by atoms with Crippen molar-refractivity contribution in [1.82, 2.24) is 14.5 Å². The average Bonchev–Trinajstić information content (AvgIpc) is 3.80. The number of nitrogens with zero attached hydrogens (tertiary/aromatic N) is 3. The SMILES string of the molecule is Oc1ccc(-c2ccccc2)c2c(-c3ccccc3)cc(Oc3[c-]c4c(cc3)c3ccccc3n4-c3cc(C4CCCC4)ccn3)nc12.[Pt]. The van der Waals surface area contributed by atoms with Gasteiger partial charge in [-0.05, 0) is 82.3 Å². The van der Waals surface area contributed by atoms with Crippen LogP contribution in [0, 0.1) is 6.07 Å². The number of phenolic OH excluding ortho intramolecular Hbond substituents is 1. The zero-order valence-corrected chi connectivity index (χ0v) is 28.9. The van der Waals surface area contributed by atoms with Gasteiger partial charge in [-0.25, -0.2) is 9.97 Å². The van der Waals surface area contributed by atoms with Crippen LogP contribution in [0.2, 0.25) is 0 Å². The van der Waals surface area contributed by atoms with Gasteiger partial charge in [0.2, 0.25) is 5.88 Å². The van der Waals surface area contributed by atoms with E-state index in [1.165, 1.54) is 31.2 Å². The van der Waals surface area contributed by atoms with Gasteiger partial charge in [-0.2, -0.15) is 6.07 Å². The molecule has 5 nitrogen and oxygen atoms in total. The summed E-state index contributed by atoms with van der Waals surface area (Å²) in [4.78, 5) is 9.74. The zero-order chi connectivity index (χ0) is 32.0. The molecule has 6 heteroatoms. The van der Waals surface area contributed by atoms with Gasteiger partial charge in [0.25, 0.3) is 0 Å². The number of rotatable bonds is 6. The average molecular weight is 818 g/mol. The third-order valence-corrected chi connectivity index (χ3v) is 9.68. The van der Waals surface area contributed by atoms with Gasteiger partial charge >= 0.3 is 0 Å². The molecule has 0 unspecified atom stereocenters. The van der Waals surface area contributed by atoms with Crippen LogP contribution >= 0.6 is 0 Å². The number of hydrogen-bond acceptors (Lipinski definition) is 4. The van der Waals surface area contributed by atoms with Crippen LogP contribution in [-0.4, -0.2) is 19.6 Å². The van der Waals surface area contributed by atoms with E-state index in [-0.39, 0.29) is 26.8 Å². The van der Waals surface area contributed by atoms with Gasteiger partial charge < -0.3 is 14.4 Å². The maximum absolute atomic E-state index is 11.2. The molecule has 5 aromatic carbocycles. The largest absolute Gasteiger partial charge is 0.506 e. The summed E-state index contributed by atoms with van der Waals surface area (Å²) >= 11 is 0. The van der Waals surface area contributed by atoms with Crippen molar-refractivity contribution in [2.75, 3.05) is 0 Å². The number of benzene rings is 5. The molecule has 1 aliphatic rings. The van der Waals surface area contributed by atoms with Crippen molar-refractivity contribution in [3.05, 3.63) is 145 Å². The van der Waals surface area contributed by atoms with E-state index in [2.05, 4.69) is 77.4 Å². The molecule has 9 rings (SSSR count). The van der Waals surface area contributed by atoms with E-state index >= 15 is 0 Å². The number of ether oxygens (including phenoxy) is 1. The van der Waals surface area contributed by atoms with Crippen LogP contribution in [0.25, 0.3) is 60.8 Å². The molecule has 3 heterocycles. The summed E-state index contributed by atoms with van der Waals surface area (Å²) in [6.07, 6.45) is 6.96. The van der Waals surface area contributed by atoms with Crippen LogP contribution in [0.3, 0.4) is 0 Å². The number of para-hydroxylation sites is 1. The molecule has 0 saturated heterocycles. The summed E-state index contributed by atoms with van der Waals surface area (Å²) in [6, 6.07) is 46.4. The molecule has 0 spiro atoms. The number of hydrogen-bond donors (Lipinski definition) is 1. The van der Waals surface area contributed by atoms with Crippen LogP contribution in [0.1, 0.15) is 37.2 Å². The fourth-order valence-electron chi connectivity index (χ4n) is 7.41. The predicted octanol–water partition coefficient (Wildman–Crippen LogP) is 11.0. The van der Waals surface area contributed by atoms with Crippen LogP contribution < -0.4 is 4.74 Å². The fourth-order valence-corrected chi connectivity index (χ4v) is 7.41. The Morgan fingerprint density at radius 3 is 2.20 bits per heavy atom. The molecule has 1 saturated carbocycles. The fraction of sp³-hybridized carbons (Fsp3) is 0.116. The predicted molar refractivity (Wildman–Crippen MR) is 193 cm³/mol. The van der Waals surface area contributed by atoms with Crippen molar-refractivity contribution in [3.63, 3.8) is 0 Å². The van der Waals surface area contributed by atoms with Gasteiger partial charge in [0, 0.05) is 50.0 Å². The van der Waals surface area contributed by atoms with E-state index < -0.39 is 0 Å². The molecule has 0 aliphatic heterocycles. The normalized spacial score (nSPS) is 13.2. The number of aromatic hydroxyl groups is 1. The van der Waals surface area contributed by atoms with Crippen molar-refractivity contribution in [2.45, 2.75) is 31.6 Å². The van der Waals surface area contributed by atoms with Crippen LogP contribution in [0.15, 0.2) is 134 Å². The summed E-state index contributed by atoms with van der Waals surface area (Å²) in [6.45, 7) is 0. The molecule has 8 aromatic rings. The van der Waals surface area contributed by atoms with Crippen molar-refractivity contribution >= 4 is 32.7 Å². The smallest absolute Gasteiger partial charge is 0.217 e. The maximum atomic E-state index is 11.2. The van der Waals surface area contributed by atoms with E-state index in [1.54, 1.807) is 6.07 Å². The molecule has 1 N–H and O–H groups in total. The topological polar surface area (TPSA) is 60.2 Å². The van der Waals surface area contributed by atoms with Crippen LogP contribution in [0.5, 0.6) is 17.4 Å². The van der Waals surface area contributed by atoms with Crippen molar-refractivity contribution < 1.29 is 30.9 Å². The number of aromatic nitrogens is 3. The van der Waals surface area contributed by atoms with Crippen LogP contribution in [-0.2, 0) is 21.1 Å². The van der Waals surface area contributed by atoms with Gasteiger partial charge in [-0.15, -0.1) is 17.5 Å². The van der Waals surface area contributed by atoms with E-state index in [0.717, 1.165) is 55.3 Å². The number of phenols is 1. The van der Waals surface area contributed by atoms with Gasteiger partial charge in [0.05, 0.1) is 0 Å². The number of fused-ring (bicyclic) bond motifs is 4. The summed E-state index contributed by atoms with van der Waals surface area (Å²) in [5.74, 6) is 2.47. The monoisotopic (exact) mass is 817 g/mol. The summed E-state index contributed by atoms with van der Waals surface area (Å²) in [5, 5.41) is 14.2. The van der Waals surface area contributed by atoms with Crippen molar-refractivity contribution in [2.24, 2.45) is 0 Å². The summed E-state index contributed by atoms with van der Waals surface area (Å²) in [7, 11) is 0.